The number of phenols is 4. The van der Waals surface area contributed by atoms with Crippen LogP contribution in [0.2, 0.25) is 0 Å². The summed E-state index contributed by atoms with van der Waals surface area (Å²) in [6, 6.07) is 2.90. The third-order valence-corrected chi connectivity index (χ3v) is 5.23. The van der Waals surface area contributed by atoms with Crippen LogP contribution in [0, 0.1) is 0 Å². The van der Waals surface area contributed by atoms with Crippen LogP contribution < -0.4 is 5.43 Å². The van der Waals surface area contributed by atoms with E-state index in [0.717, 1.165) is 18.2 Å². The smallest absolute Gasteiger partial charge is 0.204 e. The van der Waals surface area contributed by atoms with E-state index in [1.54, 1.807) is 0 Å². The van der Waals surface area contributed by atoms with Crippen LogP contribution >= 0.6 is 0 Å². The molecule has 1 saturated heterocycles. The van der Waals surface area contributed by atoms with Crippen LogP contribution in [0.3, 0.4) is 0 Å². The van der Waals surface area contributed by atoms with Gasteiger partial charge >= 0.3 is 0 Å². The number of ether oxygens (including phenoxy) is 1. The topological polar surface area (TPSA) is 201 Å². The van der Waals surface area contributed by atoms with Gasteiger partial charge in [-0.25, -0.2) is 0 Å². The predicted octanol–water partition coefficient (Wildman–Crippen LogP) is -0.717. The van der Waals surface area contributed by atoms with Crippen molar-refractivity contribution in [2.24, 2.45) is 0 Å². The number of aromatic hydroxyl groups is 4. The maximum absolute atomic E-state index is 12.9. The molecule has 30 heavy (non-hydrogen) atoms. The molecule has 1 aliphatic heterocycles. The zero-order valence-electron chi connectivity index (χ0n) is 15.1. The van der Waals surface area contributed by atoms with Crippen LogP contribution in [-0.4, -0.2) is 71.9 Å². The third kappa shape index (κ3) is 2.83. The van der Waals surface area contributed by atoms with E-state index >= 15 is 0 Å². The summed E-state index contributed by atoms with van der Waals surface area (Å²) < 4.78 is 10.8. The van der Waals surface area contributed by atoms with Crippen molar-refractivity contribution < 1.29 is 50.0 Å². The first kappa shape index (κ1) is 20.2. The van der Waals surface area contributed by atoms with Gasteiger partial charge in [0, 0.05) is 12.1 Å². The highest BCUT2D eigenvalue weighted by atomic mass is 16.5. The van der Waals surface area contributed by atoms with Crippen molar-refractivity contribution in [3.05, 3.63) is 34.0 Å². The fourth-order valence-electron chi connectivity index (χ4n) is 3.64. The molecule has 2 heterocycles. The van der Waals surface area contributed by atoms with E-state index in [1.165, 1.54) is 0 Å². The molecule has 160 valence electrons. The molecular formula is C19H18O11. The highest BCUT2D eigenvalue weighted by Gasteiger charge is 2.46. The molecule has 0 amide bonds. The number of hydrogen-bond donors (Lipinski definition) is 8. The molecule has 11 heteroatoms. The molecule has 0 aliphatic carbocycles. The van der Waals surface area contributed by atoms with Crippen LogP contribution in [-0.2, 0) is 4.74 Å². The fraction of sp³-hybridized carbons (Fsp3) is 0.316. The van der Waals surface area contributed by atoms with Crippen molar-refractivity contribution in [1.29, 1.82) is 0 Å². The Labute approximate surface area is 166 Å². The molecular weight excluding hydrogens is 404 g/mol. The van der Waals surface area contributed by atoms with Gasteiger partial charge < -0.3 is 50.0 Å². The van der Waals surface area contributed by atoms with Crippen LogP contribution in [0.5, 0.6) is 23.0 Å². The molecule has 5 atom stereocenters. The van der Waals surface area contributed by atoms with E-state index in [9.17, 15) is 45.6 Å². The molecule has 0 unspecified atom stereocenters. The number of fused-ring (bicyclic) bond motifs is 2. The lowest BCUT2D eigenvalue weighted by molar-refractivity contribution is -0.232. The molecule has 0 saturated carbocycles. The highest BCUT2D eigenvalue weighted by Crippen LogP contribution is 2.45. The number of benzene rings is 2. The van der Waals surface area contributed by atoms with Gasteiger partial charge in [-0.3, -0.25) is 4.79 Å². The van der Waals surface area contributed by atoms with E-state index in [1.807, 2.05) is 0 Å². The largest absolute Gasteiger partial charge is 0.507 e. The predicted molar refractivity (Wildman–Crippen MR) is 99.4 cm³/mol. The molecule has 0 spiro atoms. The van der Waals surface area contributed by atoms with Crippen molar-refractivity contribution in [3.8, 4) is 23.0 Å². The lowest BCUT2D eigenvalue weighted by Crippen LogP contribution is -2.55. The zero-order valence-corrected chi connectivity index (χ0v) is 15.1. The van der Waals surface area contributed by atoms with Crippen LogP contribution in [0.25, 0.3) is 21.9 Å². The maximum atomic E-state index is 12.9. The van der Waals surface area contributed by atoms with Crippen molar-refractivity contribution in [1.82, 2.24) is 0 Å². The molecule has 8 N–H and O–H groups in total. The molecule has 3 aromatic rings. The second kappa shape index (κ2) is 7.00. The second-order valence-corrected chi connectivity index (χ2v) is 7.05. The fourth-order valence-corrected chi connectivity index (χ4v) is 3.64. The maximum Gasteiger partial charge on any atom is 0.204 e. The Kier molecular flexibility index (Phi) is 4.71. The average molecular weight is 422 g/mol. The minimum Gasteiger partial charge on any atom is -0.507 e. The number of aliphatic hydroxyl groups excluding tert-OH is 4. The summed E-state index contributed by atoms with van der Waals surface area (Å²) in [4.78, 5) is 12.9. The average Bonchev–Trinajstić information content (AvgIpc) is 2.69. The minimum absolute atomic E-state index is 0.123. The normalized spacial score (nSPS) is 27.0. The second-order valence-electron chi connectivity index (χ2n) is 7.05. The number of phenolic OH excluding ortho intramolecular Hbond substituents is 4. The van der Waals surface area contributed by atoms with Gasteiger partial charge in [-0.15, -0.1) is 0 Å². The Morgan fingerprint density at radius 3 is 2.13 bits per heavy atom. The molecule has 1 aromatic heterocycles. The Morgan fingerprint density at radius 1 is 0.833 bits per heavy atom. The Bertz CT molecular complexity index is 1200. The molecule has 2 aromatic carbocycles. The van der Waals surface area contributed by atoms with E-state index in [4.69, 9.17) is 9.15 Å². The Balaban J connectivity index is 1.98. The van der Waals surface area contributed by atoms with Crippen molar-refractivity contribution in [2.75, 3.05) is 6.61 Å². The van der Waals surface area contributed by atoms with E-state index in [2.05, 4.69) is 0 Å². The van der Waals surface area contributed by atoms with Crippen molar-refractivity contribution in [2.45, 2.75) is 30.5 Å². The van der Waals surface area contributed by atoms with E-state index < -0.39 is 76.5 Å². The first-order valence-electron chi connectivity index (χ1n) is 8.83. The van der Waals surface area contributed by atoms with Crippen LogP contribution in [0.4, 0.5) is 0 Å². The quantitative estimate of drug-likeness (QED) is 0.191. The van der Waals surface area contributed by atoms with Gasteiger partial charge in [-0.1, -0.05) is 0 Å². The van der Waals surface area contributed by atoms with E-state index in [-0.39, 0.29) is 16.6 Å². The van der Waals surface area contributed by atoms with Gasteiger partial charge in [0.05, 0.1) is 17.6 Å². The summed E-state index contributed by atoms with van der Waals surface area (Å²) in [6.45, 7) is -0.730. The lowest BCUT2D eigenvalue weighted by Gasteiger charge is -2.40. The van der Waals surface area contributed by atoms with Gasteiger partial charge in [0.1, 0.15) is 58.6 Å². The van der Waals surface area contributed by atoms with Gasteiger partial charge in [0.25, 0.3) is 0 Å². The number of aliphatic hydroxyl groups is 4. The summed E-state index contributed by atoms with van der Waals surface area (Å²) in [5.41, 5.74) is -1.66. The first-order chi connectivity index (χ1) is 14.1. The SMILES string of the molecule is O=c1c2cc(O)c(O)cc2oc2cc(O)c([C@H]3O[C@H](CO)[C@H](O)[C@H](O)[C@H]3O)c(O)c12. The number of rotatable bonds is 2. The first-order valence-corrected chi connectivity index (χ1v) is 8.83. The summed E-state index contributed by atoms with van der Waals surface area (Å²) in [5, 5.41) is 79.4. The van der Waals surface area contributed by atoms with Crippen molar-refractivity contribution in [3.63, 3.8) is 0 Å². The standard InChI is InChI=1S/C19H18O11/c20-4-11-15(25)17(27)18(28)19(30-11)12-8(23)3-10-13(16(12)26)14(24)5-1-6(21)7(22)2-9(5)29-10/h1-3,11,15,17-23,25-28H,4H2/t11-,15+,17+,18-,19-/m1/s1. The van der Waals surface area contributed by atoms with Gasteiger partial charge in [0.2, 0.25) is 5.43 Å². The van der Waals surface area contributed by atoms with Gasteiger partial charge in [-0.2, -0.15) is 0 Å². The molecule has 0 radical (unpaired) electrons. The summed E-state index contributed by atoms with van der Waals surface area (Å²) in [7, 11) is 0. The molecule has 0 bridgehead atoms. The van der Waals surface area contributed by atoms with E-state index in [0.29, 0.717) is 0 Å². The van der Waals surface area contributed by atoms with Crippen molar-refractivity contribution >= 4 is 21.9 Å². The zero-order chi connectivity index (χ0) is 21.9. The van der Waals surface area contributed by atoms with Gasteiger partial charge in [0.15, 0.2) is 11.5 Å². The monoisotopic (exact) mass is 422 g/mol. The number of hydrogen-bond acceptors (Lipinski definition) is 11. The Morgan fingerprint density at radius 2 is 1.47 bits per heavy atom. The summed E-state index contributed by atoms with van der Waals surface area (Å²) >= 11 is 0. The third-order valence-electron chi connectivity index (χ3n) is 5.23. The lowest BCUT2D eigenvalue weighted by atomic mass is 9.89. The summed E-state index contributed by atoms with van der Waals surface area (Å²) in [5.74, 6) is -2.62. The van der Waals surface area contributed by atoms with Gasteiger partial charge in [-0.05, 0) is 6.07 Å². The van der Waals surface area contributed by atoms with Crippen LogP contribution in [0.15, 0.2) is 27.4 Å². The molecule has 11 nitrogen and oxygen atoms in total. The van der Waals surface area contributed by atoms with Crippen LogP contribution in [0.1, 0.15) is 11.7 Å². The minimum atomic E-state index is -1.81. The summed E-state index contributed by atoms with van der Waals surface area (Å²) in [6.07, 6.45) is -8.16. The Hall–Kier alpha value is -3.09. The molecule has 1 aliphatic rings. The highest BCUT2D eigenvalue weighted by molar-refractivity contribution is 5.96. The molecule has 4 rings (SSSR count). The molecule has 1 fully saturated rings.